The summed E-state index contributed by atoms with van der Waals surface area (Å²) in [6.45, 7) is 0.612. The molecule has 19 heavy (non-hydrogen) atoms. The normalized spacial score (nSPS) is 10.2. The second-order valence-corrected chi connectivity index (χ2v) is 5.21. The molecule has 0 amide bonds. The van der Waals surface area contributed by atoms with Gasteiger partial charge in [0.05, 0.1) is 13.7 Å². The highest BCUT2D eigenvalue weighted by Crippen LogP contribution is 2.23. The third kappa shape index (κ3) is 3.94. The maximum Gasteiger partial charge on any atom is 0.123 e. The Hall–Kier alpha value is -1.59. The fourth-order valence-electron chi connectivity index (χ4n) is 1.64. The summed E-state index contributed by atoms with van der Waals surface area (Å²) in [5.74, 6) is 1.41. The second kappa shape index (κ2) is 6.54. The first-order valence-electron chi connectivity index (χ1n) is 5.82. The molecule has 0 aliphatic carbocycles. The quantitative estimate of drug-likeness (QED) is 0.832. The Kier molecular flexibility index (Phi) is 4.76. The zero-order valence-electron chi connectivity index (χ0n) is 10.6. The van der Waals surface area contributed by atoms with Crippen molar-refractivity contribution in [2.45, 2.75) is 6.42 Å². The Labute approximate surface area is 122 Å². The van der Waals surface area contributed by atoms with Crippen molar-refractivity contribution < 1.29 is 9.47 Å². The Morgan fingerprint density at radius 3 is 2.74 bits per heavy atom. The van der Waals surface area contributed by atoms with E-state index >= 15 is 0 Å². The lowest BCUT2D eigenvalue weighted by Crippen LogP contribution is -2.10. The molecule has 0 aliphatic heterocycles. The van der Waals surface area contributed by atoms with Crippen molar-refractivity contribution in [3.8, 4) is 11.5 Å². The van der Waals surface area contributed by atoms with Crippen LogP contribution < -0.4 is 15.2 Å². The summed E-state index contributed by atoms with van der Waals surface area (Å²) in [5, 5.41) is 4.18. The van der Waals surface area contributed by atoms with Crippen molar-refractivity contribution in [1.29, 1.82) is 0 Å². The Bertz CT molecular complexity index is 553. The molecule has 5 heteroatoms. The van der Waals surface area contributed by atoms with E-state index in [1.165, 1.54) is 5.56 Å². The van der Waals surface area contributed by atoms with E-state index < -0.39 is 0 Å². The molecular formula is C14H15NO2S2. The third-order valence-corrected chi connectivity index (χ3v) is 3.61. The van der Waals surface area contributed by atoms with Gasteiger partial charge in [-0.2, -0.15) is 11.3 Å². The number of hydrogen-bond acceptors (Lipinski definition) is 4. The number of rotatable bonds is 6. The summed E-state index contributed by atoms with van der Waals surface area (Å²) in [6.07, 6.45) is 0.878. The topological polar surface area (TPSA) is 44.5 Å². The number of nitrogens with two attached hydrogens (primary N) is 1. The summed E-state index contributed by atoms with van der Waals surface area (Å²) in [5.41, 5.74) is 7.66. The van der Waals surface area contributed by atoms with E-state index in [0.29, 0.717) is 17.3 Å². The van der Waals surface area contributed by atoms with Crippen LogP contribution in [0.5, 0.6) is 11.5 Å². The van der Waals surface area contributed by atoms with E-state index in [1.54, 1.807) is 24.5 Å². The first-order valence-corrected chi connectivity index (χ1v) is 7.17. The lowest BCUT2D eigenvalue weighted by atomic mass is 10.2. The summed E-state index contributed by atoms with van der Waals surface area (Å²) in [6, 6.07) is 7.56. The fourth-order valence-corrected chi connectivity index (χ4v) is 2.46. The molecule has 0 saturated carbocycles. The largest absolute Gasteiger partial charge is 0.497 e. The molecule has 0 radical (unpaired) electrons. The molecule has 2 aromatic rings. The summed E-state index contributed by atoms with van der Waals surface area (Å²) < 4.78 is 10.9. The molecule has 1 heterocycles. The minimum absolute atomic E-state index is 0.335. The molecule has 0 aliphatic rings. The standard InChI is InChI=1S/C14H15NO2S2/c1-16-12-6-11(14(15)18)7-13(8-12)17-4-2-10-3-5-19-9-10/h3,5-9H,2,4H2,1H3,(H2,15,18). The van der Waals surface area contributed by atoms with Gasteiger partial charge in [-0.05, 0) is 34.5 Å². The van der Waals surface area contributed by atoms with Crippen LogP contribution in [0.15, 0.2) is 35.0 Å². The number of hydrogen-bond donors (Lipinski definition) is 1. The average molecular weight is 293 g/mol. The van der Waals surface area contributed by atoms with Crippen LogP contribution >= 0.6 is 23.6 Å². The highest BCUT2D eigenvalue weighted by atomic mass is 32.1. The average Bonchev–Trinajstić information content (AvgIpc) is 2.91. The van der Waals surface area contributed by atoms with Crippen LogP contribution in [0.4, 0.5) is 0 Å². The predicted octanol–water partition coefficient (Wildman–Crippen LogP) is 3.01. The molecule has 0 bridgehead atoms. The smallest absolute Gasteiger partial charge is 0.123 e. The van der Waals surface area contributed by atoms with Crippen molar-refractivity contribution in [2.75, 3.05) is 13.7 Å². The molecule has 2 rings (SSSR count). The number of thiophene rings is 1. The molecule has 0 fully saturated rings. The number of ether oxygens (including phenoxy) is 2. The lowest BCUT2D eigenvalue weighted by Gasteiger charge is -2.10. The van der Waals surface area contributed by atoms with E-state index in [-0.39, 0.29) is 0 Å². The third-order valence-electron chi connectivity index (χ3n) is 2.64. The molecule has 0 spiro atoms. The zero-order chi connectivity index (χ0) is 13.7. The van der Waals surface area contributed by atoms with Crippen molar-refractivity contribution in [3.63, 3.8) is 0 Å². The van der Waals surface area contributed by atoms with E-state index in [4.69, 9.17) is 27.4 Å². The van der Waals surface area contributed by atoms with Crippen molar-refractivity contribution in [1.82, 2.24) is 0 Å². The van der Waals surface area contributed by atoms with Gasteiger partial charge in [-0.3, -0.25) is 0 Å². The molecule has 3 nitrogen and oxygen atoms in total. The lowest BCUT2D eigenvalue weighted by molar-refractivity contribution is 0.319. The fraction of sp³-hybridized carbons (Fsp3) is 0.214. The van der Waals surface area contributed by atoms with E-state index in [1.807, 2.05) is 12.1 Å². The number of benzene rings is 1. The minimum Gasteiger partial charge on any atom is -0.497 e. The number of methoxy groups -OCH3 is 1. The van der Waals surface area contributed by atoms with Gasteiger partial charge in [-0.25, -0.2) is 0 Å². The van der Waals surface area contributed by atoms with Crippen LogP contribution in [0.25, 0.3) is 0 Å². The second-order valence-electron chi connectivity index (χ2n) is 3.99. The van der Waals surface area contributed by atoms with Crippen LogP contribution in [-0.4, -0.2) is 18.7 Å². The first-order chi connectivity index (χ1) is 9.19. The van der Waals surface area contributed by atoms with E-state index in [0.717, 1.165) is 17.7 Å². The van der Waals surface area contributed by atoms with E-state index in [9.17, 15) is 0 Å². The molecule has 0 unspecified atom stereocenters. The summed E-state index contributed by atoms with van der Waals surface area (Å²) >= 11 is 6.66. The minimum atomic E-state index is 0.335. The highest BCUT2D eigenvalue weighted by Gasteiger charge is 2.05. The Balaban J connectivity index is 2.02. The molecule has 1 aromatic carbocycles. The van der Waals surface area contributed by atoms with Gasteiger partial charge in [0.1, 0.15) is 16.5 Å². The van der Waals surface area contributed by atoms with Gasteiger partial charge in [0.15, 0.2) is 0 Å². The maximum absolute atomic E-state index is 5.72. The van der Waals surface area contributed by atoms with Gasteiger partial charge < -0.3 is 15.2 Å². The maximum atomic E-state index is 5.72. The van der Waals surface area contributed by atoms with Gasteiger partial charge in [-0.15, -0.1) is 0 Å². The van der Waals surface area contributed by atoms with Crippen molar-refractivity contribution in [3.05, 3.63) is 46.2 Å². The van der Waals surface area contributed by atoms with Gasteiger partial charge in [0.2, 0.25) is 0 Å². The zero-order valence-corrected chi connectivity index (χ0v) is 12.2. The molecule has 1 aromatic heterocycles. The van der Waals surface area contributed by atoms with Crippen LogP contribution in [-0.2, 0) is 6.42 Å². The van der Waals surface area contributed by atoms with Gasteiger partial charge in [-0.1, -0.05) is 12.2 Å². The summed E-state index contributed by atoms with van der Waals surface area (Å²) in [7, 11) is 1.60. The molecule has 0 atom stereocenters. The van der Waals surface area contributed by atoms with Gasteiger partial charge in [0.25, 0.3) is 0 Å². The van der Waals surface area contributed by atoms with Crippen LogP contribution in [0.2, 0.25) is 0 Å². The van der Waals surface area contributed by atoms with Gasteiger partial charge in [0, 0.05) is 18.1 Å². The SMILES string of the molecule is COc1cc(OCCc2ccsc2)cc(C(N)=S)c1. The first kappa shape index (κ1) is 13.8. The molecule has 0 saturated heterocycles. The van der Waals surface area contributed by atoms with Gasteiger partial charge >= 0.3 is 0 Å². The van der Waals surface area contributed by atoms with Crippen LogP contribution in [0.1, 0.15) is 11.1 Å². The van der Waals surface area contributed by atoms with Crippen LogP contribution in [0, 0.1) is 0 Å². The Morgan fingerprint density at radius 1 is 1.32 bits per heavy atom. The molecular weight excluding hydrogens is 278 g/mol. The van der Waals surface area contributed by atoms with E-state index in [2.05, 4.69) is 16.8 Å². The monoisotopic (exact) mass is 293 g/mol. The molecule has 2 N–H and O–H groups in total. The summed E-state index contributed by atoms with van der Waals surface area (Å²) in [4.78, 5) is 0.335. The predicted molar refractivity (Wildman–Crippen MR) is 82.4 cm³/mol. The number of thiocarbonyl (C=S) groups is 1. The Morgan fingerprint density at radius 2 is 2.11 bits per heavy atom. The highest BCUT2D eigenvalue weighted by molar-refractivity contribution is 7.80. The van der Waals surface area contributed by atoms with Crippen LogP contribution in [0.3, 0.4) is 0 Å². The van der Waals surface area contributed by atoms with Crippen molar-refractivity contribution in [2.24, 2.45) is 5.73 Å². The van der Waals surface area contributed by atoms with Crippen molar-refractivity contribution >= 4 is 28.5 Å². The molecule has 100 valence electrons.